The molecule has 0 radical (unpaired) electrons. The third kappa shape index (κ3) is 4.86. The number of benzene rings is 1. The highest BCUT2D eigenvalue weighted by Crippen LogP contribution is 2.21. The van der Waals surface area contributed by atoms with Crippen molar-refractivity contribution in [3.8, 4) is 0 Å². The molecule has 0 saturated carbocycles. The molecule has 1 aromatic carbocycles. The Hall–Kier alpha value is -1.84. The monoisotopic (exact) mass is 303 g/mol. The molecule has 1 saturated heterocycles. The summed E-state index contributed by atoms with van der Waals surface area (Å²) in [4.78, 5) is 25.1. The Bertz CT molecular complexity index is 527. The summed E-state index contributed by atoms with van der Waals surface area (Å²) in [5.41, 5.74) is 2.32. The maximum atomic E-state index is 12.5. The highest BCUT2D eigenvalue weighted by Gasteiger charge is 2.24. The van der Waals surface area contributed by atoms with Crippen LogP contribution in [0.3, 0.4) is 0 Å². The summed E-state index contributed by atoms with van der Waals surface area (Å²) in [7, 11) is 0. The SMILES string of the molecule is CCc1cccc(CC(=O)N2CCCC(CCC(=O)O)C2)c1. The van der Waals surface area contributed by atoms with Crippen molar-refractivity contribution in [3.63, 3.8) is 0 Å². The lowest BCUT2D eigenvalue weighted by Crippen LogP contribution is -2.40. The lowest BCUT2D eigenvalue weighted by atomic mass is 9.93. The highest BCUT2D eigenvalue weighted by molar-refractivity contribution is 5.79. The summed E-state index contributed by atoms with van der Waals surface area (Å²) in [6, 6.07) is 8.19. The van der Waals surface area contributed by atoms with Gasteiger partial charge in [0.1, 0.15) is 0 Å². The Balaban J connectivity index is 1.89. The fourth-order valence-corrected chi connectivity index (χ4v) is 3.10. The summed E-state index contributed by atoms with van der Waals surface area (Å²) < 4.78 is 0. The Morgan fingerprint density at radius 3 is 2.82 bits per heavy atom. The van der Waals surface area contributed by atoms with Crippen LogP contribution < -0.4 is 0 Å². The van der Waals surface area contributed by atoms with Crippen LogP contribution in [0.1, 0.15) is 43.7 Å². The first-order chi connectivity index (χ1) is 10.6. The number of rotatable bonds is 6. The number of carbonyl (C=O) groups is 2. The minimum absolute atomic E-state index is 0.160. The van der Waals surface area contributed by atoms with Crippen LogP contribution in [0, 0.1) is 5.92 Å². The molecule has 1 N–H and O–H groups in total. The van der Waals surface area contributed by atoms with Crippen LogP contribution in [0.5, 0.6) is 0 Å². The van der Waals surface area contributed by atoms with Crippen molar-refractivity contribution in [2.75, 3.05) is 13.1 Å². The van der Waals surface area contributed by atoms with Gasteiger partial charge >= 0.3 is 5.97 Å². The van der Waals surface area contributed by atoms with Gasteiger partial charge in [-0.15, -0.1) is 0 Å². The fraction of sp³-hybridized carbons (Fsp3) is 0.556. The number of carboxylic acids is 1. The second-order valence-electron chi connectivity index (χ2n) is 6.13. The van der Waals surface area contributed by atoms with Crippen LogP contribution in [0.4, 0.5) is 0 Å². The predicted octanol–water partition coefficient (Wildman–Crippen LogP) is 2.89. The smallest absolute Gasteiger partial charge is 0.303 e. The lowest BCUT2D eigenvalue weighted by Gasteiger charge is -2.32. The third-order valence-corrected chi connectivity index (χ3v) is 4.39. The van der Waals surface area contributed by atoms with E-state index in [1.807, 2.05) is 17.0 Å². The van der Waals surface area contributed by atoms with E-state index >= 15 is 0 Å². The molecular formula is C18H25NO3. The van der Waals surface area contributed by atoms with E-state index in [1.165, 1.54) is 5.56 Å². The fourth-order valence-electron chi connectivity index (χ4n) is 3.10. The molecule has 4 nitrogen and oxygen atoms in total. The van der Waals surface area contributed by atoms with Crippen molar-refractivity contribution in [2.45, 2.75) is 45.4 Å². The van der Waals surface area contributed by atoms with E-state index in [0.29, 0.717) is 25.3 Å². The largest absolute Gasteiger partial charge is 0.481 e. The van der Waals surface area contributed by atoms with Gasteiger partial charge in [0.15, 0.2) is 0 Å². The number of likely N-dealkylation sites (tertiary alicyclic amines) is 1. The predicted molar refractivity (Wildman–Crippen MR) is 85.7 cm³/mol. The first-order valence-electron chi connectivity index (χ1n) is 8.16. The summed E-state index contributed by atoms with van der Waals surface area (Å²) in [6.07, 6.45) is 4.30. The zero-order chi connectivity index (χ0) is 15.9. The van der Waals surface area contributed by atoms with Gasteiger partial charge in [0.25, 0.3) is 0 Å². The van der Waals surface area contributed by atoms with Gasteiger partial charge in [0, 0.05) is 19.5 Å². The number of amides is 1. The van der Waals surface area contributed by atoms with Crippen LogP contribution >= 0.6 is 0 Å². The highest BCUT2D eigenvalue weighted by atomic mass is 16.4. The van der Waals surface area contributed by atoms with Crippen molar-refractivity contribution in [1.29, 1.82) is 0 Å². The van der Waals surface area contributed by atoms with E-state index < -0.39 is 5.97 Å². The molecule has 0 spiro atoms. The standard InChI is InChI=1S/C18H25NO3/c1-2-14-5-3-6-16(11-14)12-17(20)19-10-4-7-15(13-19)8-9-18(21)22/h3,5-6,11,15H,2,4,7-10,12-13H2,1H3,(H,21,22). The molecule has 1 atom stereocenters. The first kappa shape index (κ1) is 16.5. The van der Waals surface area contributed by atoms with Crippen LogP contribution in [-0.4, -0.2) is 35.0 Å². The molecule has 2 rings (SSSR count). The quantitative estimate of drug-likeness (QED) is 0.879. The molecule has 1 aliphatic rings. The normalized spacial score (nSPS) is 18.2. The van der Waals surface area contributed by atoms with Crippen LogP contribution in [0.15, 0.2) is 24.3 Å². The van der Waals surface area contributed by atoms with Crippen molar-refractivity contribution in [1.82, 2.24) is 4.90 Å². The number of carbonyl (C=O) groups excluding carboxylic acids is 1. The minimum Gasteiger partial charge on any atom is -0.481 e. The molecule has 1 aliphatic heterocycles. The second kappa shape index (κ2) is 7.97. The second-order valence-corrected chi connectivity index (χ2v) is 6.13. The van der Waals surface area contributed by atoms with Gasteiger partial charge in [-0.2, -0.15) is 0 Å². The maximum absolute atomic E-state index is 12.5. The number of carboxylic acid groups (broad SMARTS) is 1. The number of hydrogen-bond acceptors (Lipinski definition) is 2. The van der Waals surface area contributed by atoms with Gasteiger partial charge in [-0.3, -0.25) is 9.59 Å². The average Bonchev–Trinajstić information content (AvgIpc) is 2.53. The third-order valence-electron chi connectivity index (χ3n) is 4.39. The van der Waals surface area contributed by atoms with Crippen LogP contribution in [0.25, 0.3) is 0 Å². The molecule has 1 amide bonds. The van der Waals surface area contributed by atoms with E-state index in [4.69, 9.17) is 5.11 Å². The van der Waals surface area contributed by atoms with Gasteiger partial charge in [0.05, 0.1) is 6.42 Å². The zero-order valence-electron chi connectivity index (χ0n) is 13.3. The van der Waals surface area contributed by atoms with Crippen molar-refractivity contribution in [2.24, 2.45) is 5.92 Å². The molecular weight excluding hydrogens is 278 g/mol. The number of aryl methyl sites for hydroxylation is 1. The number of hydrogen-bond donors (Lipinski definition) is 1. The minimum atomic E-state index is -0.750. The summed E-state index contributed by atoms with van der Waals surface area (Å²) in [5.74, 6) is -0.260. The summed E-state index contributed by atoms with van der Waals surface area (Å²) in [6.45, 7) is 3.62. The van der Waals surface area contributed by atoms with E-state index in [-0.39, 0.29) is 12.3 Å². The van der Waals surface area contributed by atoms with Gasteiger partial charge in [0.2, 0.25) is 5.91 Å². The first-order valence-corrected chi connectivity index (χ1v) is 8.16. The van der Waals surface area contributed by atoms with Gasteiger partial charge in [-0.25, -0.2) is 0 Å². The zero-order valence-corrected chi connectivity index (χ0v) is 13.3. The van der Waals surface area contributed by atoms with Crippen molar-refractivity contribution < 1.29 is 14.7 Å². The molecule has 1 heterocycles. The van der Waals surface area contributed by atoms with Crippen molar-refractivity contribution >= 4 is 11.9 Å². The molecule has 0 aliphatic carbocycles. The van der Waals surface area contributed by atoms with Gasteiger partial charge in [-0.05, 0) is 42.7 Å². The van der Waals surface area contributed by atoms with Crippen LogP contribution in [-0.2, 0) is 22.4 Å². The Morgan fingerprint density at radius 1 is 1.32 bits per heavy atom. The maximum Gasteiger partial charge on any atom is 0.303 e. The molecule has 1 unspecified atom stereocenters. The van der Waals surface area contributed by atoms with Gasteiger partial charge < -0.3 is 10.0 Å². The molecule has 1 aromatic rings. The molecule has 0 aromatic heterocycles. The van der Waals surface area contributed by atoms with Gasteiger partial charge in [-0.1, -0.05) is 31.2 Å². The van der Waals surface area contributed by atoms with Crippen molar-refractivity contribution in [3.05, 3.63) is 35.4 Å². The Labute approximate surface area is 132 Å². The molecule has 0 bridgehead atoms. The van der Waals surface area contributed by atoms with E-state index in [9.17, 15) is 9.59 Å². The average molecular weight is 303 g/mol. The topological polar surface area (TPSA) is 57.6 Å². The molecule has 1 fully saturated rings. The molecule has 120 valence electrons. The molecule has 4 heteroatoms. The molecule has 22 heavy (non-hydrogen) atoms. The summed E-state index contributed by atoms with van der Waals surface area (Å²) >= 11 is 0. The number of piperidine rings is 1. The Kier molecular flexibility index (Phi) is 5.99. The Morgan fingerprint density at radius 2 is 2.09 bits per heavy atom. The van der Waals surface area contributed by atoms with E-state index in [2.05, 4.69) is 19.1 Å². The number of aliphatic carboxylic acids is 1. The van der Waals surface area contributed by atoms with E-state index in [1.54, 1.807) is 0 Å². The summed E-state index contributed by atoms with van der Waals surface area (Å²) in [5, 5.41) is 8.78. The van der Waals surface area contributed by atoms with Crippen LogP contribution in [0.2, 0.25) is 0 Å². The number of nitrogens with zero attached hydrogens (tertiary/aromatic N) is 1. The van der Waals surface area contributed by atoms with E-state index in [0.717, 1.165) is 31.4 Å². The lowest BCUT2D eigenvalue weighted by molar-refractivity contribution is -0.137.